The van der Waals surface area contributed by atoms with E-state index >= 15 is 0 Å². The summed E-state index contributed by atoms with van der Waals surface area (Å²) in [5.41, 5.74) is 2.06. The standard InChI is InChI=1S/C16H25N3/c1-12-9-18-16(10-17-12)11-19-15-7-6-13-4-2-3-5-14(13)8-15/h9-10,13-15,19H,2-8,11H2,1H3. The van der Waals surface area contributed by atoms with Gasteiger partial charge in [0.2, 0.25) is 0 Å². The van der Waals surface area contributed by atoms with Crippen LogP contribution in [-0.2, 0) is 6.54 Å². The molecule has 0 aromatic carbocycles. The summed E-state index contributed by atoms with van der Waals surface area (Å²) in [4.78, 5) is 8.73. The molecule has 3 rings (SSSR count). The number of nitrogens with one attached hydrogen (secondary N) is 1. The lowest BCUT2D eigenvalue weighted by Crippen LogP contribution is -2.38. The fourth-order valence-corrected chi connectivity index (χ4v) is 3.82. The number of nitrogens with zero attached hydrogens (tertiary/aromatic N) is 2. The minimum atomic E-state index is 0.697. The van der Waals surface area contributed by atoms with E-state index in [-0.39, 0.29) is 0 Å². The van der Waals surface area contributed by atoms with Gasteiger partial charge in [-0.2, -0.15) is 0 Å². The van der Waals surface area contributed by atoms with Gasteiger partial charge < -0.3 is 5.32 Å². The highest BCUT2D eigenvalue weighted by atomic mass is 14.9. The van der Waals surface area contributed by atoms with Crippen molar-refractivity contribution in [2.24, 2.45) is 11.8 Å². The summed E-state index contributed by atoms with van der Waals surface area (Å²) in [6.45, 7) is 2.85. The summed E-state index contributed by atoms with van der Waals surface area (Å²) < 4.78 is 0. The van der Waals surface area contributed by atoms with Gasteiger partial charge in [0.25, 0.3) is 0 Å². The van der Waals surface area contributed by atoms with Crippen LogP contribution < -0.4 is 5.32 Å². The fourth-order valence-electron chi connectivity index (χ4n) is 3.82. The van der Waals surface area contributed by atoms with Gasteiger partial charge in [-0.15, -0.1) is 0 Å². The molecule has 3 unspecified atom stereocenters. The second-order valence-corrected chi connectivity index (χ2v) is 6.34. The zero-order chi connectivity index (χ0) is 13.1. The number of hydrogen-bond donors (Lipinski definition) is 1. The highest BCUT2D eigenvalue weighted by molar-refractivity contribution is 5.00. The summed E-state index contributed by atoms with van der Waals surface area (Å²) in [7, 11) is 0. The lowest BCUT2D eigenvalue weighted by molar-refractivity contribution is 0.143. The first kappa shape index (κ1) is 13.0. The molecule has 3 nitrogen and oxygen atoms in total. The molecule has 3 heteroatoms. The Kier molecular flexibility index (Phi) is 4.12. The van der Waals surface area contributed by atoms with Crippen LogP contribution in [0.25, 0.3) is 0 Å². The van der Waals surface area contributed by atoms with Crippen LogP contribution in [0.15, 0.2) is 12.4 Å². The van der Waals surface area contributed by atoms with Crippen molar-refractivity contribution < 1.29 is 0 Å². The van der Waals surface area contributed by atoms with Crippen LogP contribution in [0.4, 0.5) is 0 Å². The van der Waals surface area contributed by atoms with Crippen LogP contribution in [0.2, 0.25) is 0 Å². The van der Waals surface area contributed by atoms with Crippen LogP contribution in [0.3, 0.4) is 0 Å². The van der Waals surface area contributed by atoms with E-state index in [1.54, 1.807) is 0 Å². The maximum Gasteiger partial charge on any atom is 0.0724 e. The first-order valence-corrected chi connectivity index (χ1v) is 7.82. The second-order valence-electron chi connectivity index (χ2n) is 6.34. The van der Waals surface area contributed by atoms with E-state index in [0.29, 0.717) is 6.04 Å². The Balaban J connectivity index is 1.49. The number of aromatic nitrogens is 2. The quantitative estimate of drug-likeness (QED) is 0.905. The van der Waals surface area contributed by atoms with Gasteiger partial charge in [0.15, 0.2) is 0 Å². The van der Waals surface area contributed by atoms with Gasteiger partial charge in [0, 0.05) is 25.0 Å². The summed E-state index contributed by atoms with van der Waals surface area (Å²) in [5, 5.41) is 3.69. The average Bonchev–Trinajstić information content (AvgIpc) is 2.46. The van der Waals surface area contributed by atoms with Crippen LogP contribution in [-0.4, -0.2) is 16.0 Å². The SMILES string of the molecule is Cc1cnc(CNC2CCC3CCCCC3C2)cn1. The third kappa shape index (κ3) is 3.33. The molecule has 2 fully saturated rings. The Morgan fingerprint density at radius 3 is 2.68 bits per heavy atom. The zero-order valence-electron chi connectivity index (χ0n) is 11.9. The third-order valence-electron chi connectivity index (χ3n) is 4.95. The molecule has 1 aromatic heterocycles. The molecule has 0 aliphatic heterocycles. The Morgan fingerprint density at radius 1 is 1.05 bits per heavy atom. The van der Waals surface area contributed by atoms with Crippen LogP contribution >= 0.6 is 0 Å². The molecule has 2 aliphatic rings. The number of aryl methyl sites for hydroxylation is 1. The monoisotopic (exact) mass is 259 g/mol. The van der Waals surface area contributed by atoms with Crippen molar-refractivity contribution in [1.82, 2.24) is 15.3 Å². The highest BCUT2D eigenvalue weighted by Crippen LogP contribution is 2.40. The first-order valence-electron chi connectivity index (χ1n) is 7.82. The van der Waals surface area contributed by atoms with Crippen LogP contribution in [0.5, 0.6) is 0 Å². The van der Waals surface area contributed by atoms with Gasteiger partial charge in [-0.1, -0.05) is 25.7 Å². The maximum absolute atomic E-state index is 4.42. The minimum absolute atomic E-state index is 0.697. The molecule has 2 saturated carbocycles. The van der Waals surface area contributed by atoms with Gasteiger partial charge >= 0.3 is 0 Å². The summed E-state index contributed by atoms with van der Waals surface area (Å²) in [6.07, 6.45) is 13.8. The van der Waals surface area contributed by atoms with Crippen LogP contribution in [0, 0.1) is 18.8 Å². The van der Waals surface area contributed by atoms with E-state index in [1.807, 2.05) is 19.3 Å². The number of fused-ring (bicyclic) bond motifs is 1. The Hall–Kier alpha value is -0.960. The molecule has 0 amide bonds. The summed E-state index contributed by atoms with van der Waals surface area (Å²) >= 11 is 0. The summed E-state index contributed by atoms with van der Waals surface area (Å²) in [6, 6.07) is 0.697. The molecule has 0 saturated heterocycles. The van der Waals surface area contributed by atoms with Gasteiger partial charge in [0.05, 0.1) is 11.4 Å². The third-order valence-corrected chi connectivity index (χ3v) is 4.95. The van der Waals surface area contributed by atoms with Crippen molar-refractivity contribution in [3.05, 3.63) is 23.8 Å². The smallest absolute Gasteiger partial charge is 0.0724 e. The number of rotatable bonds is 3. The maximum atomic E-state index is 4.42. The van der Waals surface area contributed by atoms with Gasteiger partial charge in [-0.05, 0) is 38.0 Å². The highest BCUT2D eigenvalue weighted by Gasteiger charge is 2.31. The molecule has 0 spiro atoms. The molecule has 3 atom stereocenters. The molecule has 1 N–H and O–H groups in total. The van der Waals surface area contributed by atoms with Gasteiger partial charge in [-0.25, -0.2) is 0 Å². The van der Waals surface area contributed by atoms with Gasteiger partial charge in [-0.3, -0.25) is 9.97 Å². The molecule has 0 radical (unpaired) electrons. The Labute approximate surface area is 116 Å². The normalized spacial score (nSPS) is 30.9. The summed E-state index contributed by atoms with van der Waals surface area (Å²) in [5.74, 6) is 2.02. The Morgan fingerprint density at radius 2 is 1.89 bits per heavy atom. The van der Waals surface area contributed by atoms with Crippen molar-refractivity contribution in [3.63, 3.8) is 0 Å². The largest absolute Gasteiger partial charge is 0.308 e. The van der Waals surface area contributed by atoms with Gasteiger partial charge in [0.1, 0.15) is 0 Å². The Bertz CT molecular complexity index is 401. The molecular formula is C16H25N3. The first-order chi connectivity index (χ1) is 9.31. The van der Waals surface area contributed by atoms with Crippen molar-refractivity contribution >= 4 is 0 Å². The lowest BCUT2D eigenvalue weighted by atomic mass is 9.69. The van der Waals surface area contributed by atoms with Crippen molar-refractivity contribution in [3.8, 4) is 0 Å². The van der Waals surface area contributed by atoms with E-state index < -0.39 is 0 Å². The molecular weight excluding hydrogens is 234 g/mol. The zero-order valence-corrected chi connectivity index (χ0v) is 11.9. The van der Waals surface area contributed by atoms with Crippen molar-refractivity contribution in [2.75, 3.05) is 0 Å². The molecule has 19 heavy (non-hydrogen) atoms. The van der Waals surface area contributed by atoms with E-state index in [0.717, 1.165) is 29.8 Å². The molecule has 104 valence electrons. The topological polar surface area (TPSA) is 37.8 Å². The predicted molar refractivity (Wildman–Crippen MR) is 76.7 cm³/mol. The second kappa shape index (κ2) is 6.00. The molecule has 0 bridgehead atoms. The minimum Gasteiger partial charge on any atom is -0.308 e. The molecule has 1 aromatic rings. The van der Waals surface area contributed by atoms with E-state index in [2.05, 4.69) is 15.3 Å². The van der Waals surface area contributed by atoms with Crippen molar-refractivity contribution in [1.29, 1.82) is 0 Å². The van der Waals surface area contributed by atoms with E-state index in [1.165, 1.54) is 44.9 Å². The molecule has 1 heterocycles. The average molecular weight is 259 g/mol. The lowest BCUT2D eigenvalue weighted by Gasteiger charge is -2.39. The predicted octanol–water partition coefficient (Wildman–Crippen LogP) is 3.23. The number of hydrogen-bond acceptors (Lipinski definition) is 3. The van der Waals surface area contributed by atoms with Crippen LogP contribution in [0.1, 0.15) is 56.3 Å². The molecule has 2 aliphatic carbocycles. The fraction of sp³-hybridized carbons (Fsp3) is 0.750. The van der Waals surface area contributed by atoms with E-state index in [4.69, 9.17) is 0 Å². The van der Waals surface area contributed by atoms with Crippen molar-refractivity contribution in [2.45, 2.75) is 64.5 Å². The van der Waals surface area contributed by atoms with E-state index in [9.17, 15) is 0 Å².